The summed E-state index contributed by atoms with van der Waals surface area (Å²) in [6, 6.07) is 3.86. The zero-order valence-corrected chi connectivity index (χ0v) is 17.3. The van der Waals surface area contributed by atoms with E-state index in [2.05, 4.69) is 4.98 Å². The molecule has 0 radical (unpaired) electrons. The fourth-order valence-electron chi connectivity index (χ4n) is 4.78. The van der Waals surface area contributed by atoms with Gasteiger partial charge in [-0.25, -0.2) is 9.97 Å². The molecule has 0 aromatic carbocycles. The zero-order valence-electron chi connectivity index (χ0n) is 17.3. The van der Waals surface area contributed by atoms with Crippen molar-refractivity contribution >= 4 is 11.7 Å². The maximum absolute atomic E-state index is 12.4. The standard InChI is InChI=1S/C22H29N5O2/c1-3-18(29)27-11-5-8-22(15-27)9-7-17-19(22)24-20(16-6-4-10-23-14-16)25-21(17)26(2)12-13-28/h4,6,10,14,28H,3,5,7-9,11-13,15H2,1-2H3. The summed E-state index contributed by atoms with van der Waals surface area (Å²) < 4.78 is 0. The van der Waals surface area contributed by atoms with Gasteiger partial charge in [0.2, 0.25) is 5.91 Å². The second-order valence-corrected chi connectivity index (χ2v) is 8.14. The van der Waals surface area contributed by atoms with Crippen molar-refractivity contribution in [3.8, 4) is 11.4 Å². The number of likely N-dealkylation sites (N-methyl/N-ethyl adjacent to an activating group) is 1. The van der Waals surface area contributed by atoms with E-state index in [4.69, 9.17) is 9.97 Å². The topological polar surface area (TPSA) is 82.5 Å². The van der Waals surface area contributed by atoms with Crippen LogP contribution in [0.1, 0.15) is 43.9 Å². The lowest BCUT2D eigenvalue weighted by Crippen LogP contribution is -2.47. The van der Waals surface area contributed by atoms with Gasteiger partial charge in [-0.3, -0.25) is 9.78 Å². The Kier molecular flexibility index (Phi) is 5.50. The van der Waals surface area contributed by atoms with Crippen LogP contribution in [0.5, 0.6) is 0 Å². The van der Waals surface area contributed by atoms with Gasteiger partial charge < -0.3 is 14.9 Å². The fraction of sp³-hybridized carbons (Fsp3) is 0.545. The quantitative estimate of drug-likeness (QED) is 0.836. The van der Waals surface area contributed by atoms with Crippen LogP contribution in [0.3, 0.4) is 0 Å². The van der Waals surface area contributed by atoms with Crippen LogP contribution in [0.4, 0.5) is 5.82 Å². The average Bonchev–Trinajstić information content (AvgIpc) is 3.11. The number of piperidine rings is 1. The van der Waals surface area contributed by atoms with Crippen LogP contribution in [-0.2, 0) is 16.6 Å². The summed E-state index contributed by atoms with van der Waals surface area (Å²) in [5, 5.41) is 9.46. The summed E-state index contributed by atoms with van der Waals surface area (Å²) in [4.78, 5) is 30.6. The first-order chi connectivity index (χ1) is 14.1. The van der Waals surface area contributed by atoms with Crippen LogP contribution in [0.25, 0.3) is 11.4 Å². The number of hydrogen-bond acceptors (Lipinski definition) is 6. The molecule has 29 heavy (non-hydrogen) atoms. The Labute approximate surface area is 171 Å². The van der Waals surface area contributed by atoms with Crippen LogP contribution < -0.4 is 4.90 Å². The van der Waals surface area contributed by atoms with Crippen molar-refractivity contribution in [1.29, 1.82) is 0 Å². The van der Waals surface area contributed by atoms with Crippen molar-refractivity contribution in [2.24, 2.45) is 0 Å². The number of aromatic nitrogens is 3. The summed E-state index contributed by atoms with van der Waals surface area (Å²) in [5.41, 5.74) is 3.03. The van der Waals surface area contributed by atoms with Crippen molar-refractivity contribution in [1.82, 2.24) is 19.9 Å². The predicted octanol–water partition coefficient (Wildman–Crippen LogP) is 2.18. The third kappa shape index (κ3) is 3.59. The maximum Gasteiger partial charge on any atom is 0.222 e. The molecule has 1 aliphatic heterocycles. The highest BCUT2D eigenvalue weighted by Gasteiger charge is 2.46. The Hall–Kier alpha value is -2.54. The van der Waals surface area contributed by atoms with Gasteiger partial charge in [0.25, 0.3) is 0 Å². The van der Waals surface area contributed by atoms with Crippen molar-refractivity contribution in [2.45, 2.75) is 44.4 Å². The molecule has 2 aliphatic rings. The van der Waals surface area contributed by atoms with Crippen LogP contribution in [-0.4, -0.2) is 64.2 Å². The van der Waals surface area contributed by atoms with Gasteiger partial charge in [-0.1, -0.05) is 6.92 Å². The number of carbonyl (C=O) groups is 1. The van der Waals surface area contributed by atoms with E-state index in [1.165, 1.54) is 5.56 Å². The Bertz CT molecular complexity index is 888. The number of carbonyl (C=O) groups excluding carboxylic acids is 1. The van der Waals surface area contributed by atoms with Gasteiger partial charge in [-0.2, -0.15) is 0 Å². The molecule has 1 atom stereocenters. The van der Waals surface area contributed by atoms with Gasteiger partial charge in [0.15, 0.2) is 5.82 Å². The molecule has 1 aliphatic carbocycles. The van der Waals surface area contributed by atoms with E-state index in [0.29, 0.717) is 18.8 Å². The molecule has 2 aromatic heterocycles. The van der Waals surface area contributed by atoms with Crippen LogP contribution in [0.15, 0.2) is 24.5 Å². The van der Waals surface area contributed by atoms with Crippen molar-refractivity contribution in [3.05, 3.63) is 35.8 Å². The minimum Gasteiger partial charge on any atom is -0.395 e. The van der Waals surface area contributed by atoms with E-state index in [1.807, 2.05) is 35.9 Å². The molecular weight excluding hydrogens is 366 g/mol. The molecule has 2 aromatic rings. The van der Waals surface area contributed by atoms with Gasteiger partial charge in [-0.15, -0.1) is 0 Å². The van der Waals surface area contributed by atoms with Crippen LogP contribution >= 0.6 is 0 Å². The highest BCUT2D eigenvalue weighted by Crippen LogP contribution is 2.47. The minimum absolute atomic E-state index is 0.0709. The number of pyridine rings is 1. The number of nitrogens with zero attached hydrogens (tertiary/aromatic N) is 5. The lowest BCUT2D eigenvalue weighted by molar-refractivity contribution is -0.133. The van der Waals surface area contributed by atoms with Gasteiger partial charge in [0.05, 0.1) is 12.3 Å². The fourth-order valence-corrected chi connectivity index (χ4v) is 4.78. The first-order valence-electron chi connectivity index (χ1n) is 10.5. The Morgan fingerprint density at radius 1 is 1.34 bits per heavy atom. The Morgan fingerprint density at radius 3 is 2.93 bits per heavy atom. The highest BCUT2D eigenvalue weighted by molar-refractivity contribution is 5.76. The van der Waals surface area contributed by atoms with Crippen LogP contribution in [0.2, 0.25) is 0 Å². The molecule has 1 fully saturated rings. The lowest BCUT2D eigenvalue weighted by atomic mass is 9.77. The molecule has 7 nitrogen and oxygen atoms in total. The summed E-state index contributed by atoms with van der Waals surface area (Å²) in [7, 11) is 1.96. The number of aliphatic hydroxyl groups is 1. The van der Waals surface area contributed by atoms with Gasteiger partial charge in [0, 0.05) is 62.0 Å². The van der Waals surface area contributed by atoms with Crippen molar-refractivity contribution < 1.29 is 9.90 Å². The van der Waals surface area contributed by atoms with E-state index in [0.717, 1.165) is 55.8 Å². The SMILES string of the molecule is CCC(=O)N1CCCC2(CCc3c(N(C)CCO)nc(-c4cccnc4)nc32)C1. The van der Waals surface area contributed by atoms with E-state index >= 15 is 0 Å². The molecular formula is C22H29N5O2. The van der Waals surface area contributed by atoms with Crippen molar-refractivity contribution in [3.63, 3.8) is 0 Å². The first kappa shape index (κ1) is 19.8. The van der Waals surface area contributed by atoms with E-state index < -0.39 is 0 Å². The molecule has 1 spiro atoms. The smallest absolute Gasteiger partial charge is 0.222 e. The maximum atomic E-state index is 12.4. The molecule has 1 amide bonds. The van der Waals surface area contributed by atoms with Crippen molar-refractivity contribution in [2.75, 3.05) is 38.2 Å². The number of likely N-dealkylation sites (tertiary alicyclic amines) is 1. The van der Waals surface area contributed by atoms with Gasteiger partial charge >= 0.3 is 0 Å². The second kappa shape index (κ2) is 8.06. The predicted molar refractivity (Wildman–Crippen MR) is 112 cm³/mol. The first-order valence-corrected chi connectivity index (χ1v) is 10.5. The number of amides is 1. The number of anilines is 1. The van der Waals surface area contributed by atoms with Crippen LogP contribution in [0, 0.1) is 0 Å². The Morgan fingerprint density at radius 2 is 2.21 bits per heavy atom. The lowest BCUT2D eigenvalue weighted by Gasteiger charge is -2.40. The minimum atomic E-state index is -0.104. The molecule has 0 saturated carbocycles. The summed E-state index contributed by atoms with van der Waals surface area (Å²) in [6.45, 7) is 4.09. The van der Waals surface area contributed by atoms with Gasteiger partial charge in [-0.05, 0) is 37.8 Å². The van der Waals surface area contributed by atoms with E-state index in [1.54, 1.807) is 12.4 Å². The molecule has 154 valence electrons. The second-order valence-electron chi connectivity index (χ2n) is 8.14. The molecule has 0 bridgehead atoms. The average molecular weight is 396 g/mol. The summed E-state index contributed by atoms with van der Waals surface area (Å²) in [6.07, 6.45) is 8.00. The highest BCUT2D eigenvalue weighted by atomic mass is 16.3. The zero-order chi connectivity index (χ0) is 20.4. The molecule has 1 N–H and O–H groups in total. The summed E-state index contributed by atoms with van der Waals surface area (Å²) in [5.74, 6) is 1.77. The van der Waals surface area contributed by atoms with Gasteiger partial charge in [0.1, 0.15) is 5.82 Å². The third-order valence-electron chi connectivity index (χ3n) is 6.29. The normalized spacial score (nSPS) is 20.7. The van der Waals surface area contributed by atoms with E-state index in [9.17, 15) is 9.90 Å². The molecule has 7 heteroatoms. The third-order valence-corrected chi connectivity index (χ3v) is 6.29. The molecule has 1 unspecified atom stereocenters. The number of hydrogen-bond donors (Lipinski definition) is 1. The number of aliphatic hydroxyl groups excluding tert-OH is 1. The number of fused-ring (bicyclic) bond motifs is 2. The molecule has 3 heterocycles. The monoisotopic (exact) mass is 395 g/mol. The summed E-state index contributed by atoms with van der Waals surface area (Å²) >= 11 is 0. The molecule has 4 rings (SSSR count). The molecule has 1 saturated heterocycles. The number of rotatable bonds is 5. The largest absolute Gasteiger partial charge is 0.395 e. The Balaban J connectivity index is 1.81. The van der Waals surface area contributed by atoms with E-state index in [-0.39, 0.29) is 17.9 Å².